The molecule has 1 N–H and O–H groups in total. The second-order valence-electron chi connectivity index (χ2n) is 6.78. The van der Waals surface area contributed by atoms with Crippen LogP contribution in [0.1, 0.15) is 49.1 Å². The molecule has 1 fully saturated rings. The van der Waals surface area contributed by atoms with Gasteiger partial charge in [0, 0.05) is 11.6 Å². The summed E-state index contributed by atoms with van der Waals surface area (Å²) in [6.45, 7) is 3.79. The number of aromatic nitrogens is 1. The zero-order valence-electron chi connectivity index (χ0n) is 14.8. The number of amides is 1. The predicted octanol–water partition coefficient (Wildman–Crippen LogP) is 3.52. The fourth-order valence-electron chi connectivity index (χ4n) is 3.30. The molecule has 0 radical (unpaired) electrons. The van der Waals surface area contributed by atoms with Crippen LogP contribution in [0.5, 0.6) is 0 Å². The number of rotatable bonds is 6. The molecule has 2 aromatic rings. The largest absolute Gasteiger partial charge is 0.441 e. The average Bonchev–Trinajstić information content (AvgIpc) is 3.18. The first kappa shape index (κ1) is 17.4. The Balaban J connectivity index is 1.61. The lowest BCUT2D eigenvalue weighted by Crippen LogP contribution is -2.34. The Labute approximate surface area is 147 Å². The van der Waals surface area contributed by atoms with E-state index in [0.29, 0.717) is 17.3 Å². The van der Waals surface area contributed by atoms with Gasteiger partial charge in [0.1, 0.15) is 11.5 Å². The minimum absolute atomic E-state index is 0.0947. The Morgan fingerprint density at radius 1 is 1.20 bits per heavy atom. The molecule has 0 aliphatic heterocycles. The summed E-state index contributed by atoms with van der Waals surface area (Å²) in [4.78, 5) is 28.7. The van der Waals surface area contributed by atoms with Crippen LogP contribution in [-0.2, 0) is 16.0 Å². The number of carbonyl (C=O) groups excluding carboxylic acids is 2. The second-order valence-corrected chi connectivity index (χ2v) is 6.78. The van der Waals surface area contributed by atoms with Gasteiger partial charge in [-0.25, -0.2) is 4.98 Å². The first-order chi connectivity index (χ1) is 12.0. The highest BCUT2D eigenvalue weighted by Crippen LogP contribution is 2.25. The van der Waals surface area contributed by atoms with E-state index in [1.165, 1.54) is 0 Å². The number of benzene rings is 1. The Bertz CT molecular complexity index is 773. The fraction of sp³-hybridized carbons (Fsp3) is 0.450. The molecule has 1 saturated carbocycles. The Kier molecular flexibility index (Phi) is 5.31. The molecule has 0 unspecified atom stereocenters. The molecule has 3 rings (SSSR count). The molecule has 0 bridgehead atoms. The SMILES string of the molecule is Cc1ccccc1-c1nc(CC(=O)CC(=O)NC2CCCC2)c(C)o1. The van der Waals surface area contributed by atoms with Gasteiger partial charge >= 0.3 is 0 Å². The predicted molar refractivity (Wildman–Crippen MR) is 95.1 cm³/mol. The molecule has 5 nitrogen and oxygen atoms in total. The van der Waals surface area contributed by atoms with Gasteiger partial charge in [0.05, 0.1) is 18.5 Å². The van der Waals surface area contributed by atoms with Crippen molar-refractivity contribution in [2.24, 2.45) is 0 Å². The van der Waals surface area contributed by atoms with E-state index in [0.717, 1.165) is 36.8 Å². The third-order valence-corrected chi connectivity index (χ3v) is 4.71. The van der Waals surface area contributed by atoms with Gasteiger partial charge in [-0.05, 0) is 38.3 Å². The summed E-state index contributed by atoms with van der Waals surface area (Å²) in [5.74, 6) is 0.831. The monoisotopic (exact) mass is 340 g/mol. The number of hydrogen-bond donors (Lipinski definition) is 1. The van der Waals surface area contributed by atoms with Gasteiger partial charge in [0.2, 0.25) is 11.8 Å². The smallest absolute Gasteiger partial charge is 0.227 e. The molecule has 5 heteroatoms. The molecule has 1 aliphatic rings. The molecule has 1 heterocycles. The lowest BCUT2D eigenvalue weighted by molar-refractivity contribution is -0.128. The van der Waals surface area contributed by atoms with E-state index < -0.39 is 0 Å². The number of carbonyl (C=O) groups is 2. The quantitative estimate of drug-likeness (QED) is 0.817. The van der Waals surface area contributed by atoms with Gasteiger partial charge in [0.15, 0.2) is 0 Å². The van der Waals surface area contributed by atoms with Crippen LogP contribution in [0.25, 0.3) is 11.5 Å². The maximum absolute atomic E-state index is 12.2. The molecule has 25 heavy (non-hydrogen) atoms. The van der Waals surface area contributed by atoms with E-state index in [1.807, 2.05) is 31.2 Å². The number of ketones is 1. The minimum Gasteiger partial charge on any atom is -0.441 e. The molecule has 132 valence electrons. The number of oxazole rings is 1. The lowest BCUT2D eigenvalue weighted by atomic mass is 10.1. The standard InChI is InChI=1S/C20H24N2O3/c1-13-7-3-6-10-17(13)20-22-18(14(2)25-20)11-16(23)12-19(24)21-15-8-4-5-9-15/h3,6-7,10,15H,4-5,8-9,11-12H2,1-2H3,(H,21,24). The maximum Gasteiger partial charge on any atom is 0.227 e. The van der Waals surface area contributed by atoms with Crippen molar-refractivity contribution in [2.45, 2.75) is 58.4 Å². The van der Waals surface area contributed by atoms with Gasteiger partial charge in [-0.15, -0.1) is 0 Å². The summed E-state index contributed by atoms with van der Waals surface area (Å²) < 4.78 is 5.73. The van der Waals surface area contributed by atoms with Crippen LogP contribution < -0.4 is 5.32 Å². The molecule has 1 aromatic carbocycles. The van der Waals surface area contributed by atoms with Crippen LogP contribution >= 0.6 is 0 Å². The first-order valence-electron chi connectivity index (χ1n) is 8.86. The van der Waals surface area contributed by atoms with Crippen molar-refractivity contribution < 1.29 is 14.0 Å². The van der Waals surface area contributed by atoms with E-state index in [4.69, 9.17) is 4.42 Å². The van der Waals surface area contributed by atoms with E-state index in [9.17, 15) is 9.59 Å². The van der Waals surface area contributed by atoms with Gasteiger partial charge in [0.25, 0.3) is 0 Å². The summed E-state index contributed by atoms with van der Waals surface area (Å²) in [5.41, 5.74) is 2.60. The molecular formula is C20H24N2O3. The normalized spacial score (nSPS) is 14.6. The molecule has 0 atom stereocenters. The molecule has 0 saturated heterocycles. The molecule has 1 aromatic heterocycles. The van der Waals surface area contributed by atoms with Gasteiger partial charge in [-0.1, -0.05) is 31.0 Å². The van der Waals surface area contributed by atoms with Crippen molar-refractivity contribution in [1.82, 2.24) is 10.3 Å². The summed E-state index contributed by atoms with van der Waals surface area (Å²) in [6, 6.07) is 8.07. The Morgan fingerprint density at radius 2 is 1.92 bits per heavy atom. The van der Waals surface area contributed by atoms with Gasteiger partial charge in [-0.3, -0.25) is 9.59 Å². The van der Waals surface area contributed by atoms with Crippen molar-refractivity contribution in [3.05, 3.63) is 41.3 Å². The van der Waals surface area contributed by atoms with Crippen LogP contribution in [0.2, 0.25) is 0 Å². The number of nitrogens with one attached hydrogen (secondary N) is 1. The molecule has 1 amide bonds. The Morgan fingerprint density at radius 3 is 2.64 bits per heavy atom. The van der Waals surface area contributed by atoms with E-state index in [2.05, 4.69) is 10.3 Å². The van der Waals surface area contributed by atoms with Crippen LogP contribution in [0.4, 0.5) is 0 Å². The third-order valence-electron chi connectivity index (χ3n) is 4.71. The van der Waals surface area contributed by atoms with Crippen molar-refractivity contribution in [2.75, 3.05) is 0 Å². The highest BCUT2D eigenvalue weighted by molar-refractivity contribution is 5.98. The Hall–Kier alpha value is -2.43. The van der Waals surface area contributed by atoms with Crippen LogP contribution in [0.3, 0.4) is 0 Å². The highest BCUT2D eigenvalue weighted by atomic mass is 16.4. The summed E-state index contributed by atoms with van der Waals surface area (Å²) >= 11 is 0. The van der Waals surface area contributed by atoms with Crippen LogP contribution in [0, 0.1) is 13.8 Å². The zero-order chi connectivity index (χ0) is 17.8. The summed E-state index contributed by atoms with van der Waals surface area (Å²) in [5, 5.41) is 2.95. The lowest BCUT2D eigenvalue weighted by Gasteiger charge is -2.10. The number of nitrogens with zero attached hydrogens (tertiary/aromatic N) is 1. The van der Waals surface area contributed by atoms with Crippen molar-refractivity contribution in [1.29, 1.82) is 0 Å². The van der Waals surface area contributed by atoms with Gasteiger partial charge in [-0.2, -0.15) is 0 Å². The van der Waals surface area contributed by atoms with Crippen molar-refractivity contribution in [3.8, 4) is 11.5 Å². The summed E-state index contributed by atoms with van der Waals surface area (Å²) in [7, 11) is 0. The van der Waals surface area contributed by atoms with E-state index in [1.54, 1.807) is 6.92 Å². The third kappa shape index (κ3) is 4.35. The minimum atomic E-state index is -0.183. The number of hydrogen-bond acceptors (Lipinski definition) is 4. The molecule has 0 spiro atoms. The maximum atomic E-state index is 12.2. The van der Waals surface area contributed by atoms with E-state index in [-0.39, 0.29) is 30.6 Å². The molecule has 1 aliphatic carbocycles. The number of Topliss-reactive ketones (excluding diaryl/α,β-unsaturated/α-hetero) is 1. The second kappa shape index (κ2) is 7.64. The fourth-order valence-corrected chi connectivity index (χ4v) is 3.30. The topological polar surface area (TPSA) is 72.2 Å². The van der Waals surface area contributed by atoms with Crippen LogP contribution in [0.15, 0.2) is 28.7 Å². The zero-order valence-corrected chi connectivity index (χ0v) is 14.8. The first-order valence-corrected chi connectivity index (χ1v) is 8.86. The molecular weight excluding hydrogens is 316 g/mol. The van der Waals surface area contributed by atoms with E-state index >= 15 is 0 Å². The van der Waals surface area contributed by atoms with Crippen LogP contribution in [-0.4, -0.2) is 22.7 Å². The van der Waals surface area contributed by atoms with Gasteiger partial charge < -0.3 is 9.73 Å². The van der Waals surface area contributed by atoms with Crippen molar-refractivity contribution >= 4 is 11.7 Å². The van der Waals surface area contributed by atoms with Crippen molar-refractivity contribution in [3.63, 3.8) is 0 Å². The summed E-state index contributed by atoms with van der Waals surface area (Å²) in [6.07, 6.45) is 4.36. The highest BCUT2D eigenvalue weighted by Gasteiger charge is 2.20. The number of aryl methyl sites for hydroxylation is 2. The average molecular weight is 340 g/mol.